The lowest BCUT2D eigenvalue weighted by Crippen LogP contribution is -2.17. The smallest absolute Gasteiger partial charge is 0.434 e. The van der Waals surface area contributed by atoms with Gasteiger partial charge in [-0.2, -0.15) is 13.2 Å². The van der Waals surface area contributed by atoms with E-state index in [1.165, 1.54) is 30.5 Å². The number of hydrogen-bond donors (Lipinski definition) is 3. The maximum absolute atomic E-state index is 13.3. The third-order valence-electron chi connectivity index (χ3n) is 4.12. The van der Waals surface area contributed by atoms with E-state index >= 15 is 0 Å². The maximum Gasteiger partial charge on any atom is 0.434 e. The van der Waals surface area contributed by atoms with Crippen LogP contribution >= 0.6 is 24.2 Å². The number of alkyl halides is 3. The van der Waals surface area contributed by atoms with Gasteiger partial charge in [0.05, 0.1) is 14.8 Å². The van der Waals surface area contributed by atoms with Crippen molar-refractivity contribution in [3.63, 3.8) is 0 Å². The Bertz CT molecular complexity index is 1350. The van der Waals surface area contributed by atoms with Gasteiger partial charge in [0.25, 0.3) is 5.91 Å². The highest BCUT2D eigenvalue weighted by Crippen LogP contribution is 2.38. The van der Waals surface area contributed by atoms with Crippen LogP contribution in [0.25, 0.3) is 0 Å². The number of amides is 1. The van der Waals surface area contributed by atoms with Crippen LogP contribution in [-0.4, -0.2) is 21.4 Å². The summed E-state index contributed by atoms with van der Waals surface area (Å²) in [5.74, 6) is -2.51. The lowest BCUT2D eigenvalue weighted by atomic mass is 10.2. The first-order valence-corrected chi connectivity index (χ1v) is 11.6. The zero-order chi connectivity index (χ0) is 24.6. The van der Waals surface area contributed by atoms with E-state index in [1.807, 2.05) is 0 Å². The Kier molecular flexibility index (Phi) is 6.91. The molecule has 2 N–H and O–H groups in total. The van der Waals surface area contributed by atoms with E-state index in [0.29, 0.717) is 0 Å². The molecule has 0 bridgehead atoms. The Balaban J connectivity index is 2.06. The van der Waals surface area contributed by atoms with E-state index in [1.54, 1.807) is 0 Å². The number of carbonyl (C=O) groups is 1. The lowest BCUT2D eigenvalue weighted by molar-refractivity contribution is -0.141. The van der Waals surface area contributed by atoms with E-state index in [9.17, 15) is 26.6 Å². The Labute approximate surface area is 196 Å². The molecule has 0 saturated carbocycles. The van der Waals surface area contributed by atoms with Crippen molar-refractivity contribution in [2.45, 2.75) is 16.0 Å². The van der Waals surface area contributed by atoms with Gasteiger partial charge in [0.2, 0.25) is 5.88 Å². The molecule has 3 rings (SSSR count). The first kappa shape index (κ1) is 24.8. The zero-order valence-electron chi connectivity index (χ0n) is 16.5. The predicted molar refractivity (Wildman–Crippen MR) is 117 cm³/mol. The van der Waals surface area contributed by atoms with Crippen LogP contribution in [0.3, 0.4) is 0 Å². The van der Waals surface area contributed by atoms with Crippen LogP contribution in [0.2, 0.25) is 5.02 Å². The number of benzene rings is 2. The number of nitrogens with one attached hydrogen (secondary N) is 2. The SMILES string of the molecule is C[S@@](=N)(=O)c1cccc(NC(=O)c2cc(Cl)c(C(F)(F)F)nc2Oc2ccc(F)cc2S)c1. The van der Waals surface area contributed by atoms with Crippen molar-refractivity contribution in [2.24, 2.45) is 0 Å². The highest BCUT2D eigenvalue weighted by molar-refractivity contribution is 7.91. The predicted octanol–water partition coefficient (Wildman–Crippen LogP) is 6.26. The third kappa shape index (κ3) is 5.95. The number of anilines is 1. The van der Waals surface area contributed by atoms with Crippen molar-refractivity contribution in [1.29, 1.82) is 4.78 Å². The first-order valence-electron chi connectivity index (χ1n) is 8.85. The van der Waals surface area contributed by atoms with E-state index in [2.05, 4.69) is 22.9 Å². The monoisotopic (exact) mass is 519 g/mol. The summed E-state index contributed by atoms with van der Waals surface area (Å²) < 4.78 is 78.3. The van der Waals surface area contributed by atoms with Gasteiger partial charge in [0, 0.05) is 21.7 Å². The molecule has 0 aliphatic carbocycles. The molecule has 6 nitrogen and oxygen atoms in total. The van der Waals surface area contributed by atoms with Gasteiger partial charge in [-0.15, -0.1) is 12.6 Å². The van der Waals surface area contributed by atoms with Crippen LogP contribution in [0.4, 0.5) is 23.2 Å². The second-order valence-electron chi connectivity index (χ2n) is 6.71. The average molecular weight is 520 g/mol. The zero-order valence-corrected chi connectivity index (χ0v) is 19.0. The molecule has 0 fully saturated rings. The van der Waals surface area contributed by atoms with Gasteiger partial charge in [-0.3, -0.25) is 4.79 Å². The van der Waals surface area contributed by atoms with Crippen molar-refractivity contribution >= 4 is 45.6 Å². The molecule has 2 aromatic carbocycles. The minimum absolute atomic E-state index is 0.0486. The van der Waals surface area contributed by atoms with Crippen molar-refractivity contribution in [3.05, 3.63) is 70.6 Å². The van der Waals surface area contributed by atoms with Gasteiger partial charge in [-0.1, -0.05) is 17.7 Å². The molecular weight excluding hydrogens is 506 g/mol. The Morgan fingerprint density at radius 2 is 1.91 bits per heavy atom. The summed E-state index contributed by atoms with van der Waals surface area (Å²) in [7, 11) is -3.09. The molecule has 1 amide bonds. The molecule has 0 spiro atoms. The summed E-state index contributed by atoms with van der Waals surface area (Å²) >= 11 is 9.75. The van der Waals surface area contributed by atoms with E-state index < -0.39 is 49.8 Å². The van der Waals surface area contributed by atoms with Gasteiger partial charge >= 0.3 is 6.18 Å². The van der Waals surface area contributed by atoms with E-state index in [0.717, 1.165) is 24.3 Å². The highest BCUT2D eigenvalue weighted by atomic mass is 35.5. The minimum atomic E-state index is -4.94. The van der Waals surface area contributed by atoms with Gasteiger partial charge < -0.3 is 10.1 Å². The van der Waals surface area contributed by atoms with Crippen LogP contribution in [0.1, 0.15) is 16.1 Å². The molecule has 33 heavy (non-hydrogen) atoms. The van der Waals surface area contributed by atoms with E-state index in [4.69, 9.17) is 21.1 Å². The number of rotatable bonds is 5. The topological polar surface area (TPSA) is 92.1 Å². The molecule has 0 radical (unpaired) electrons. The minimum Gasteiger partial charge on any atom is -0.437 e. The molecule has 1 atom stereocenters. The number of carbonyl (C=O) groups excluding carboxylic acids is 1. The molecule has 1 heterocycles. The van der Waals surface area contributed by atoms with Gasteiger partial charge in [0.1, 0.15) is 17.1 Å². The fourth-order valence-electron chi connectivity index (χ4n) is 2.61. The van der Waals surface area contributed by atoms with Crippen molar-refractivity contribution in [3.8, 4) is 11.6 Å². The molecule has 3 aromatic rings. The van der Waals surface area contributed by atoms with Crippen molar-refractivity contribution in [2.75, 3.05) is 11.6 Å². The largest absolute Gasteiger partial charge is 0.437 e. The Hall–Kier alpha value is -2.83. The molecule has 0 aliphatic rings. The summed E-state index contributed by atoms with van der Waals surface area (Å²) in [6.45, 7) is 0. The van der Waals surface area contributed by atoms with Gasteiger partial charge in [0.15, 0.2) is 5.69 Å². The van der Waals surface area contributed by atoms with Gasteiger partial charge in [-0.05, 0) is 42.5 Å². The van der Waals surface area contributed by atoms with Crippen LogP contribution in [0.15, 0.2) is 58.3 Å². The first-order chi connectivity index (χ1) is 15.3. The van der Waals surface area contributed by atoms with Crippen LogP contribution in [0, 0.1) is 10.6 Å². The summed E-state index contributed by atoms with van der Waals surface area (Å²) in [5.41, 5.74) is -1.82. The van der Waals surface area contributed by atoms with Crippen LogP contribution in [-0.2, 0) is 15.9 Å². The Morgan fingerprint density at radius 1 is 1.21 bits per heavy atom. The summed E-state index contributed by atoms with van der Waals surface area (Å²) in [6, 6.07) is 9.40. The Morgan fingerprint density at radius 3 is 2.52 bits per heavy atom. The van der Waals surface area contributed by atoms with Crippen LogP contribution < -0.4 is 10.1 Å². The van der Waals surface area contributed by atoms with Crippen molar-refractivity contribution in [1.82, 2.24) is 4.98 Å². The number of nitrogens with zero attached hydrogens (tertiary/aromatic N) is 1. The fourth-order valence-corrected chi connectivity index (χ4v) is 3.80. The summed E-state index contributed by atoms with van der Waals surface area (Å²) in [5, 5.41) is 1.57. The number of thiol groups is 1. The lowest BCUT2D eigenvalue weighted by Gasteiger charge is -2.16. The molecule has 13 heteroatoms. The second kappa shape index (κ2) is 9.20. The number of ether oxygens (including phenoxy) is 1. The number of halogens is 5. The summed E-state index contributed by atoms with van der Waals surface area (Å²) in [4.78, 5) is 16.3. The van der Waals surface area contributed by atoms with Crippen molar-refractivity contribution < 1.29 is 31.3 Å². The van der Waals surface area contributed by atoms with E-state index in [-0.39, 0.29) is 21.2 Å². The summed E-state index contributed by atoms with van der Waals surface area (Å²) in [6.07, 6.45) is -3.75. The number of pyridine rings is 1. The molecular formula is C20H14ClF4N3O3S2. The van der Waals surface area contributed by atoms with Gasteiger partial charge in [-0.25, -0.2) is 18.4 Å². The fraction of sp³-hybridized carbons (Fsp3) is 0.100. The second-order valence-corrected chi connectivity index (χ2v) is 9.76. The third-order valence-corrected chi connectivity index (χ3v) is 5.91. The van der Waals surface area contributed by atoms with Crippen LogP contribution in [0.5, 0.6) is 11.6 Å². The maximum atomic E-state index is 13.3. The molecule has 0 unspecified atom stereocenters. The molecule has 0 saturated heterocycles. The molecule has 0 aliphatic heterocycles. The molecule has 174 valence electrons. The highest BCUT2D eigenvalue weighted by Gasteiger charge is 2.37. The standard InChI is InChI=1S/C20H14ClF4N3O3S2/c1-33(26,30)12-4-2-3-11(8-12)27-18(29)13-9-14(21)17(20(23,24)25)28-19(13)31-15-6-5-10(22)7-16(15)32/h2-9,26,32H,1H3,(H,27,29)/t33-/m1/s1. The normalized spacial score (nSPS) is 13.3. The number of aromatic nitrogens is 1. The number of hydrogen-bond acceptors (Lipinski definition) is 6. The molecule has 1 aromatic heterocycles. The average Bonchev–Trinajstić information content (AvgIpc) is 2.69. The quantitative estimate of drug-likeness (QED) is 0.274.